The third-order valence-corrected chi connectivity index (χ3v) is 6.18. The highest BCUT2D eigenvalue weighted by atomic mass is 32.1. The second-order valence-electron chi connectivity index (χ2n) is 7.05. The number of ether oxygens (including phenoxy) is 1. The normalized spacial score (nSPS) is 15.1. The number of para-hydroxylation sites is 1. The maximum atomic E-state index is 5.33. The van der Waals surface area contributed by atoms with Gasteiger partial charge in [0, 0.05) is 37.4 Å². The van der Waals surface area contributed by atoms with Crippen molar-refractivity contribution in [2.45, 2.75) is 6.54 Å². The molecule has 0 bridgehead atoms. The SMILES string of the molecule is COc1cccc(-c2nn3c(CN4CCN(c5ccccc5)CC4)nnc3s2)c1. The van der Waals surface area contributed by atoms with Crippen LogP contribution in [0, 0.1) is 0 Å². The predicted octanol–water partition coefficient (Wildman–Crippen LogP) is 3.18. The topological polar surface area (TPSA) is 58.8 Å². The first-order chi connectivity index (χ1) is 14.3. The van der Waals surface area contributed by atoms with Gasteiger partial charge in [-0.05, 0) is 24.3 Å². The monoisotopic (exact) mass is 406 g/mol. The van der Waals surface area contributed by atoms with E-state index < -0.39 is 0 Å². The Balaban J connectivity index is 1.29. The lowest BCUT2D eigenvalue weighted by molar-refractivity contribution is 0.242. The Hall–Kier alpha value is -2.97. The summed E-state index contributed by atoms with van der Waals surface area (Å²) in [6.07, 6.45) is 0. The number of piperazine rings is 1. The first-order valence-electron chi connectivity index (χ1n) is 9.68. The molecule has 4 aromatic rings. The Labute approximate surface area is 173 Å². The van der Waals surface area contributed by atoms with Crippen LogP contribution in [0.5, 0.6) is 5.75 Å². The predicted molar refractivity (Wildman–Crippen MR) is 115 cm³/mol. The summed E-state index contributed by atoms with van der Waals surface area (Å²) in [6, 6.07) is 18.5. The summed E-state index contributed by atoms with van der Waals surface area (Å²) in [7, 11) is 1.67. The van der Waals surface area contributed by atoms with Gasteiger partial charge in [-0.25, -0.2) is 0 Å². The minimum absolute atomic E-state index is 0.755. The molecule has 29 heavy (non-hydrogen) atoms. The van der Waals surface area contributed by atoms with Crippen LogP contribution >= 0.6 is 11.3 Å². The smallest absolute Gasteiger partial charge is 0.235 e. The largest absolute Gasteiger partial charge is 0.497 e. The summed E-state index contributed by atoms with van der Waals surface area (Å²) >= 11 is 1.55. The van der Waals surface area contributed by atoms with Crippen LogP contribution in [0.3, 0.4) is 0 Å². The van der Waals surface area contributed by atoms with E-state index in [-0.39, 0.29) is 0 Å². The number of fused-ring (bicyclic) bond motifs is 1. The van der Waals surface area contributed by atoms with Gasteiger partial charge in [0.25, 0.3) is 0 Å². The van der Waals surface area contributed by atoms with E-state index in [0.717, 1.165) is 59.8 Å². The molecule has 0 spiro atoms. The number of methoxy groups -OCH3 is 1. The minimum Gasteiger partial charge on any atom is -0.497 e. The summed E-state index contributed by atoms with van der Waals surface area (Å²) < 4.78 is 7.21. The van der Waals surface area contributed by atoms with Crippen molar-refractivity contribution in [3.8, 4) is 16.3 Å². The second-order valence-corrected chi connectivity index (χ2v) is 8.00. The van der Waals surface area contributed by atoms with Gasteiger partial charge in [-0.1, -0.05) is 41.7 Å². The van der Waals surface area contributed by atoms with Crippen LogP contribution in [0.1, 0.15) is 5.82 Å². The molecule has 1 aliphatic rings. The van der Waals surface area contributed by atoms with Crippen LogP contribution in [0.4, 0.5) is 5.69 Å². The Bertz CT molecular complexity index is 1100. The molecule has 0 amide bonds. The molecule has 0 aliphatic carbocycles. The molecule has 0 atom stereocenters. The van der Waals surface area contributed by atoms with Crippen molar-refractivity contribution in [3.05, 3.63) is 60.4 Å². The summed E-state index contributed by atoms with van der Waals surface area (Å²) in [5.74, 6) is 1.71. The number of aromatic nitrogens is 4. The number of nitrogens with zero attached hydrogens (tertiary/aromatic N) is 6. The van der Waals surface area contributed by atoms with Crippen LogP contribution in [0.2, 0.25) is 0 Å². The number of hydrogen-bond donors (Lipinski definition) is 0. The third kappa shape index (κ3) is 3.68. The average molecular weight is 407 g/mol. The standard InChI is InChI=1S/C21H22N6OS/c1-28-18-9-5-6-16(14-18)20-24-27-19(22-23-21(27)29-20)15-25-10-12-26(13-11-25)17-7-3-2-4-8-17/h2-9,14H,10-13,15H2,1H3. The highest BCUT2D eigenvalue weighted by molar-refractivity contribution is 7.19. The number of hydrogen-bond acceptors (Lipinski definition) is 7. The summed E-state index contributed by atoms with van der Waals surface area (Å²) in [6.45, 7) is 4.77. The van der Waals surface area contributed by atoms with E-state index in [4.69, 9.17) is 9.84 Å². The molecule has 148 valence electrons. The van der Waals surface area contributed by atoms with Crippen LogP contribution in [0.15, 0.2) is 54.6 Å². The Morgan fingerprint density at radius 2 is 1.79 bits per heavy atom. The van der Waals surface area contributed by atoms with E-state index in [1.54, 1.807) is 18.4 Å². The molecule has 1 aliphatic heterocycles. The first kappa shape index (κ1) is 18.1. The molecule has 0 saturated carbocycles. The molecular weight excluding hydrogens is 384 g/mol. The Morgan fingerprint density at radius 3 is 2.59 bits per heavy atom. The first-order valence-corrected chi connectivity index (χ1v) is 10.5. The van der Waals surface area contributed by atoms with Gasteiger partial charge in [-0.15, -0.1) is 10.2 Å². The summed E-state index contributed by atoms with van der Waals surface area (Å²) in [4.78, 5) is 5.67. The Kier molecular flexibility index (Phi) is 4.87. The lowest BCUT2D eigenvalue weighted by Gasteiger charge is -2.35. The van der Waals surface area contributed by atoms with Crippen LogP contribution in [0.25, 0.3) is 15.5 Å². The number of rotatable bonds is 5. The molecule has 0 unspecified atom stereocenters. The van der Waals surface area contributed by atoms with Crippen molar-refractivity contribution in [1.82, 2.24) is 24.7 Å². The van der Waals surface area contributed by atoms with E-state index in [0.29, 0.717) is 0 Å². The molecule has 7 nitrogen and oxygen atoms in total. The van der Waals surface area contributed by atoms with Crippen molar-refractivity contribution >= 4 is 22.0 Å². The molecule has 0 N–H and O–H groups in total. The zero-order valence-electron chi connectivity index (χ0n) is 16.2. The van der Waals surface area contributed by atoms with E-state index in [1.165, 1.54) is 5.69 Å². The fourth-order valence-electron chi connectivity index (χ4n) is 3.63. The van der Waals surface area contributed by atoms with Crippen LogP contribution in [-0.4, -0.2) is 58.0 Å². The van der Waals surface area contributed by atoms with Gasteiger partial charge in [-0.2, -0.15) is 9.61 Å². The van der Waals surface area contributed by atoms with Crippen LogP contribution in [-0.2, 0) is 6.54 Å². The maximum Gasteiger partial charge on any atom is 0.235 e. The summed E-state index contributed by atoms with van der Waals surface area (Å²) in [5.41, 5.74) is 2.32. The van der Waals surface area contributed by atoms with Crippen molar-refractivity contribution in [2.24, 2.45) is 0 Å². The van der Waals surface area contributed by atoms with Crippen molar-refractivity contribution in [2.75, 3.05) is 38.2 Å². The average Bonchev–Trinajstić information content (AvgIpc) is 3.37. The molecule has 2 aromatic carbocycles. The molecular formula is C21H22N6OS. The molecule has 5 rings (SSSR count). The third-order valence-electron chi connectivity index (χ3n) is 5.23. The Morgan fingerprint density at radius 1 is 0.966 bits per heavy atom. The maximum absolute atomic E-state index is 5.33. The molecule has 3 heterocycles. The van der Waals surface area contributed by atoms with E-state index >= 15 is 0 Å². The molecule has 8 heteroatoms. The van der Waals surface area contributed by atoms with E-state index in [2.05, 4.69) is 50.3 Å². The van der Waals surface area contributed by atoms with E-state index in [9.17, 15) is 0 Å². The van der Waals surface area contributed by atoms with Gasteiger partial charge < -0.3 is 9.64 Å². The van der Waals surface area contributed by atoms with Gasteiger partial charge in [0.2, 0.25) is 4.96 Å². The number of benzene rings is 2. The van der Waals surface area contributed by atoms with Crippen molar-refractivity contribution in [1.29, 1.82) is 0 Å². The van der Waals surface area contributed by atoms with E-state index in [1.807, 2.05) is 28.8 Å². The lowest BCUT2D eigenvalue weighted by Crippen LogP contribution is -2.46. The highest BCUT2D eigenvalue weighted by Gasteiger charge is 2.20. The van der Waals surface area contributed by atoms with Gasteiger partial charge in [-0.3, -0.25) is 4.90 Å². The van der Waals surface area contributed by atoms with Gasteiger partial charge >= 0.3 is 0 Å². The molecule has 1 saturated heterocycles. The lowest BCUT2D eigenvalue weighted by atomic mass is 10.2. The van der Waals surface area contributed by atoms with Gasteiger partial charge in [0.15, 0.2) is 5.82 Å². The van der Waals surface area contributed by atoms with Gasteiger partial charge in [0.05, 0.1) is 13.7 Å². The van der Waals surface area contributed by atoms with Crippen LogP contribution < -0.4 is 9.64 Å². The molecule has 1 fully saturated rings. The highest BCUT2D eigenvalue weighted by Crippen LogP contribution is 2.28. The quantitative estimate of drug-likeness (QED) is 0.507. The minimum atomic E-state index is 0.755. The number of anilines is 1. The zero-order chi connectivity index (χ0) is 19.6. The zero-order valence-corrected chi connectivity index (χ0v) is 17.0. The fourth-order valence-corrected chi connectivity index (χ4v) is 4.49. The van der Waals surface area contributed by atoms with Crippen molar-refractivity contribution < 1.29 is 4.74 Å². The van der Waals surface area contributed by atoms with Gasteiger partial charge in [0.1, 0.15) is 10.8 Å². The molecule has 0 radical (unpaired) electrons. The molecule has 2 aromatic heterocycles. The fraction of sp³-hybridized carbons (Fsp3) is 0.286. The summed E-state index contributed by atoms with van der Waals surface area (Å²) in [5, 5.41) is 14.4. The van der Waals surface area contributed by atoms with Crippen molar-refractivity contribution in [3.63, 3.8) is 0 Å². The second kappa shape index (κ2) is 7.81.